The van der Waals surface area contributed by atoms with Gasteiger partial charge in [0.15, 0.2) is 0 Å². The standard InChI is InChI=1S/C29H33FN2O4/c1-18(17-33)32(2)27(36)16-23(35)15-22(34)13-14-25-28(19-9-11-21(30)12-10-19)24-5-3-4-6-26(24)31-29(25)20-7-8-20/h3-6,9-14,18,20,22-23,33-35H,7-8,15-17H2,1-2H3/b14-13+/t18-,22-,23-/m1/s1. The number of amides is 1. The van der Waals surface area contributed by atoms with Crippen LogP contribution in [0, 0.1) is 5.82 Å². The maximum atomic E-state index is 13.7. The number of pyridine rings is 1. The maximum Gasteiger partial charge on any atom is 0.225 e. The molecule has 190 valence electrons. The highest BCUT2D eigenvalue weighted by Gasteiger charge is 2.29. The van der Waals surface area contributed by atoms with Gasteiger partial charge in [0, 0.05) is 35.9 Å². The number of aromatic nitrogens is 1. The van der Waals surface area contributed by atoms with Crippen LogP contribution in [0.5, 0.6) is 0 Å². The molecule has 3 N–H and O–H groups in total. The number of nitrogens with zero attached hydrogens (tertiary/aromatic N) is 2. The van der Waals surface area contributed by atoms with Crippen molar-refractivity contribution < 1.29 is 24.5 Å². The number of fused-ring (bicyclic) bond motifs is 1. The second-order valence-corrected chi connectivity index (χ2v) is 9.64. The molecule has 2 aromatic carbocycles. The van der Waals surface area contributed by atoms with Crippen molar-refractivity contribution in [1.29, 1.82) is 0 Å². The van der Waals surface area contributed by atoms with Crippen LogP contribution in [-0.4, -0.2) is 63.0 Å². The highest BCUT2D eigenvalue weighted by molar-refractivity contribution is 5.99. The molecule has 4 rings (SSSR count). The van der Waals surface area contributed by atoms with Gasteiger partial charge in [-0.3, -0.25) is 9.78 Å². The minimum absolute atomic E-state index is 0.00472. The van der Waals surface area contributed by atoms with Crippen molar-refractivity contribution in [1.82, 2.24) is 9.88 Å². The number of halogens is 1. The first kappa shape index (κ1) is 25.9. The van der Waals surface area contributed by atoms with E-state index in [-0.39, 0.29) is 37.2 Å². The zero-order valence-corrected chi connectivity index (χ0v) is 20.6. The van der Waals surface area contributed by atoms with Crippen LogP contribution < -0.4 is 0 Å². The van der Waals surface area contributed by atoms with Gasteiger partial charge in [0.05, 0.1) is 42.5 Å². The molecule has 0 radical (unpaired) electrons. The second-order valence-electron chi connectivity index (χ2n) is 9.64. The van der Waals surface area contributed by atoms with Gasteiger partial charge in [0.25, 0.3) is 0 Å². The van der Waals surface area contributed by atoms with Crippen LogP contribution in [-0.2, 0) is 4.79 Å². The highest BCUT2D eigenvalue weighted by Crippen LogP contribution is 2.45. The molecule has 3 atom stereocenters. The third kappa shape index (κ3) is 5.98. The van der Waals surface area contributed by atoms with Gasteiger partial charge in [0.1, 0.15) is 5.82 Å². The van der Waals surface area contributed by atoms with E-state index in [9.17, 15) is 24.5 Å². The molecular formula is C29H33FN2O4. The zero-order chi connectivity index (χ0) is 25.8. The first-order valence-electron chi connectivity index (χ1n) is 12.4. The van der Waals surface area contributed by atoms with Gasteiger partial charge in [-0.1, -0.05) is 42.5 Å². The van der Waals surface area contributed by atoms with Crippen molar-refractivity contribution in [3.63, 3.8) is 0 Å². The molecule has 1 amide bonds. The Balaban J connectivity index is 1.62. The summed E-state index contributed by atoms with van der Waals surface area (Å²) in [6.07, 6.45) is 3.39. The third-order valence-corrected chi connectivity index (χ3v) is 6.78. The summed E-state index contributed by atoms with van der Waals surface area (Å²) in [4.78, 5) is 18.6. The lowest BCUT2D eigenvalue weighted by atomic mass is 9.92. The van der Waals surface area contributed by atoms with Gasteiger partial charge in [-0.25, -0.2) is 4.39 Å². The number of carbonyl (C=O) groups is 1. The van der Waals surface area contributed by atoms with Crippen LogP contribution in [0.1, 0.15) is 49.8 Å². The quantitative estimate of drug-likeness (QED) is 0.393. The average Bonchev–Trinajstić information content (AvgIpc) is 3.71. The Morgan fingerprint density at radius 3 is 2.53 bits per heavy atom. The van der Waals surface area contributed by atoms with Crippen LogP contribution in [0.25, 0.3) is 28.1 Å². The number of rotatable bonds is 10. The molecule has 1 aliphatic rings. The molecule has 7 heteroatoms. The summed E-state index contributed by atoms with van der Waals surface area (Å²) >= 11 is 0. The molecule has 6 nitrogen and oxygen atoms in total. The lowest BCUT2D eigenvalue weighted by Crippen LogP contribution is -2.39. The number of hydrogen-bond acceptors (Lipinski definition) is 5. The Labute approximate surface area is 210 Å². The molecule has 1 heterocycles. The van der Waals surface area contributed by atoms with Gasteiger partial charge < -0.3 is 20.2 Å². The second kappa shape index (κ2) is 11.3. The van der Waals surface area contributed by atoms with E-state index in [2.05, 4.69) is 0 Å². The predicted octanol–water partition coefficient (Wildman–Crippen LogP) is 4.27. The lowest BCUT2D eigenvalue weighted by molar-refractivity contribution is -0.134. The fraction of sp³-hybridized carbons (Fsp3) is 0.379. The summed E-state index contributed by atoms with van der Waals surface area (Å²) in [5.41, 5.74) is 4.49. The Morgan fingerprint density at radius 2 is 1.86 bits per heavy atom. The Morgan fingerprint density at radius 1 is 1.17 bits per heavy atom. The first-order valence-corrected chi connectivity index (χ1v) is 12.4. The molecule has 1 saturated carbocycles. The summed E-state index contributed by atoms with van der Waals surface area (Å²) < 4.78 is 13.7. The fourth-order valence-corrected chi connectivity index (χ4v) is 4.37. The zero-order valence-electron chi connectivity index (χ0n) is 20.6. The molecule has 1 aromatic heterocycles. The molecule has 36 heavy (non-hydrogen) atoms. The van der Waals surface area contributed by atoms with Crippen molar-refractivity contribution in [3.05, 3.63) is 71.7 Å². The van der Waals surface area contributed by atoms with E-state index in [0.717, 1.165) is 46.1 Å². The van der Waals surface area contributed by atoms with Gasteiger partial charge in [0.2, 0.25) is 5.91 Å². The fourth-order valence-electron chi connectivity index (χ4n) is 4.37. The van der Waals surface area contributed by atoms with E-state index in [4.69, 9.17) is 4.98 Å². The minimum atomic E-state index is -1.03. The number of para-hydroxylation sites is 1. The topological polar surface area (TPSA) is 93.9 Å². The number of hydrogen-bond donors (Lipinski definition) is 3. The van der Waals surface area contributed by atoms with E-state index in [0.29, 0.717) is 5.92 Å². The number of aliphatic hydroxyl groups is 3. The lowest BCUT2D eigenvalue weighted by Gasteiger charge is -2.24. The van der Waals surface area contributed by atoms with Crippen molar-refractivity contribution in [2.75, 3.05) is 13.7 Å². The predicted molar refractivity (Wildman–Crippen MR) is 139 cm³/mol. The molecule has 1 fully saturated rings. The molecule has 1 aliphatic carbocycles. The van der Waals surface area contributed by atoms with Crippen molar-refractivity contribution in [3.8, 4) is 11.1 Å². The van der Waals surface area contributed by atoms with Crippen LogP contribution in [0.2, 0.25) is 0 Å². The molecular weight excluding hydrogens is 459 g/mol. The minimum Gasteiger partial charge on any atom is -0.394 e. The highest BCUT2D eigenvalue weighted by atomic mass is 19.1. The summed E-state index contributed by atoms with van der Waals surface area (Å²) in [5.74, 6) is -0.277. The van der Waals surface area contributed by atoms with E-state index >= 15 is 0 Å². The molecule has 0 aliphatic heterocycles. The monoisotopic (exact) mass is 492 g/mol. The van der Waals surface area contributed by atoms with Crippen LogP contribution >= 0.6 is 0 Å². The van der Waals surface area contributed by atoms with Crippen molar-refractivity contribution >= 4 is 22.9 Å². The van der Waals surface area contributed by atoms with E-state index < -0.39 is 12.2 Å². The van der Waals surface area contributed by atoms with E-state index in [1.165, 1.54) is 17.0 Å². The van der Waals surface area contributed by atoms with Crippen molar-refractivity contribution in [2.24, 2.45) is 0 Å². The van der Waals surface area contributed by atoms with Gasteiger partial charge in [-0.2, -0.15) is 0 Å². The summed E-state index contributed by atoms with van der Waals surface area (Å²) in [6, 6.07) is 13.9. The molecule has 0 saturated heterocycles. The van der Waals surface area contributed by atoms with Crippen LogP contribution in [0.15, 0.2) is 54.6 Å². The largest absolute Gasteiger partial charge is 0.394 e. The molecule has 0 bridgehead atoms. The van der Waals surface area contributed by atoms with Crippen LogP contribution in [0.4, 0.5) is 4.39 Å². The molecule has 0 unspecified atom stereocenters. The van der Waals surface area contributed by atoms with E-state index in [1.807, 2.05) is 30.3 Å². The maximum absolute atomic E-state index is 13.7. The normalized spacial score (nSPS) is 16.3. The summed E-state index contributed by atoms with van der Waals surface area (Å²) in [6.45, 7) is 1.55. The van der Waals surface area contributed by atoms with Gasteiger partial charge in [-0.05, 0) is 43.5 Å². The number of carbonyl (C=O) groups excluding carboxylic acids is 1. The van der Waals surface area contributed by atoms with Gasteiger partial charge in [-0.15, -0.1) is 0 Å². The Hall–Kier alpha value is -3.13. The number of aliphatic hydroxyl groups excluding tert-OH is 3. The average molecular weight is 493 g/mol. The third-order valence-electron chi connectivity index (χ3n) is 6.78. The molecule has 3 aromatic rings. The number of benzene rings is 2. The Kier molecular flexibility index (Phi) is 8.14. The number of likely N-dealkylation sites (N-methyl/N-ethyl adjacent to an activating group) is 1. The summed E-state index contributed by atoms with van der Waals surface area (Å²) in [5, 5.41) is 31.2. The van der Waals surface area contributed by atoms with Crippen molar-refractivity contribution in [2.45, 2.75) is 56.8 Å². The van der Waals surface area contributed by atoms with E-state index in [1.54, 1.807) is 32.2 Å². The SMILES string of the molecule is C[C@H](CO)N(C)C(=O)C[C@H](O)C[C@H](O)/C=C/c1c(C2CC2)nc2ccccc2c1-c1ccc(F)cc1. The Bertz CT molecular complexity index is 1240. The van der Waals surface area contributed by atoms with Gasteiger partial charge >= 0.3 is 0 Å². The first-order chi connectivity index (χ1) is 17.3. The smallest absolute Gasteiger partial charge is 0.225 e. The summed E-state index contributed by atoms with van der Waals surface area (Å²) in [7, 11) is 1.58. The van der Waals surface area contributed by atoms with Crippen LogP contribution in [0.3, 0.4) is 0 Å². The molecule has 0 spiro atoms.